The van der Waals surface area contributed by atoms with Crippen molar-refractivity contribution in [3.05, 3.63) is 40.5 Å². The molecule has 0 unspecified atom stereocenters. The average molecular weight is 268 g/mol. The van der Waals surface area contributed by atoms with Gasteiger partial charge < -0.3 is 9.31 Å². The molecule has 0 bridgehead atoms. The van der Waals surface area contributed by atoms with E-state index in [0.29, 0.717) is 16.8 Å². The van der Waals surface area contributed by atoms with Crippen molar-refractivity contribution in [1.82, 2.24) is 0 Å². The van der Waals surface area contributed by atoms with E-state index >= 15 is 0 Å². The van der Waals surface area contributed by atoms with Crippen molar-refractivity contribution >= 4 is 24.0 Å². The fourth-order valence-electron chi connectivity index (χ4n) is 2.11. The molecule has 1 aliphatic heterocycles. The summed E-state index contributed by atoms with van der Waals surface area (Å²) in [5.41, 5.74) is 1.23. The number of rotatable bonds is 1. The highest BCUT2D eigenvalue weighted by Gasteiger charge is 2.52. The van der Waals surface area contributed by atoms with Gasteiger partial charge in [-0.3, -0.25) is 4.85 Å². The maximum atomic E-state index is 7.36. The molecular weight excluding hydrogens is 251 g/mol. The molecule has 1 heterocycles. The van der Waals surface area contributed by atoms with Gasteiger partial charge in [0.15, 0.2) is 11.4 Å². The Balaban J connectivity index is 2.52. The van der Waals surface area contributed by atoms with Crippen molar-refractivity contribution in [2.24, 2.45) is 0 Å². The first kappa shape index (κ1) is 14.6. The summed E-state index contributed by atoms with van der Waals surface area (Å²) >= 11 is 0. The van der Waals surface area contributed by atoms with E-state index in [1.165, 1.54) is 0 Å². The first-order chi connectivity index (χ1) is 9.23. The summed E-state index contributed by atoms with van der Waals surface area (Å²) < 4.78 is 11.9. The summed E-state index contributed by atoms with van der Waals surface area (Å²) in [5.74, 6) is 0. The highest BCUT2D eigenvalue weighted by Crippen LogP contribution is 2.39. The van der Waals surface area contributed by atoms with Crippen LogP contribution >= 0.6 is 0 Å². The van der Waals surface area contributed by atoms with Crippen LogP contribution in [0.25, 0.3) is 9.69 Å². The Morgan fingerprint density at radius 2 is 1.45 bits per heavy atom. The molecule has 0 spiro atoms. The Morgan fingerprint density at radius 3 is 1.90 bits per heavy atom. The zero-order valence-electron chi connectivity index (χ0n) is 12.4. The predicted molar refractivity (Wildman–Crippen MR) is 79.4 cm³/mol. The molecule has 2 rings (SSSR count). The third kappa shape index (κ3) is 2.10. The van der Waals surface area contributed by atoms with Crippen LogP contribution in [0, 0.1) is 20.1 Å². The first-order valence-corrected chi connectivity index (χ1v) is 6.47. The molecule has 1 aromatic carbocycles. The summed E-state index contributed by atoms with van der Waals surface area (Å²) in [6, 6.07) is 3.65. The van der Waals surface area contributed by atoms with Gasteiger partial charge in [-0.1, -0.05) is 24.6 Å². The molecule has 102 valence electrons. The quantitative estimate of drug-likeness (QED) is 0.576. The van der Waals surface area contributed by atoms with Crippen LogP contribution in [0.1, 0.15) is 33.3 Å². The van der Waals surface area contributed by atoms with E-state index in [1.807, 2.05) is 46.8 Å². The minimum absolute atomic E-state index is 0.332. The van der Waals surface area contributed by atoms with E-state index in [4.69, 9.17) is 22.5 Å². The molecule has 5 heteroatoms. The van der Waals surface area contributed by atoms with Crippen LogP contribution in [-0.2, 0) is 9.31 Å². The maximum absolute atomic E-state index is 7.36. The molecular formula is C15H17BN2O2. The van der Waals surface area contributed by atoms with Crippen molar-refractivity contribution in [2.75, 3.05) is 0 Å². The Kier molecular flexibility index (Phi) is 3.38. The highest BCUT2D eigenvalue weighted by atomic mass is 16.7. The maximum Gasteiger partial charge on any atom is 0.481 e. The fourth-order valence-corrected chi connectivity index (χ4v) is 2.11. The second-order valence-corrected chi connectivity index (χ2v) is 5.98. The van der Waals surface area contributed by atoms with Crippen molar-refractivity contribution < 1.29 is 9.31 Å². The van der Waals surface area contributed by atoms with E-state index in [2.05, 4.69) is 9.69 Å². The molecule has 4 nitrogen and oxygen atoms in total. The second kappa shape index (κ2) is 4.63. The fraction of sp³-hybridized carbons (Fsp3) is 0.467. The molecule has 1 aliphatic rings. The summed E-state index contributed by atoms with van der Waals surface area (Å²) in [5, 5.41) is 0. The topological polar surface area (TPSA) is 27.2 Å². The lowest BCUT2D eigenvalue weighted by Crippen LogP contribution is -2.41. The van der Waals surface area contributed by atoms with Crippen LogP contribution < -0.4 is 5.46 Å². The number of hydrogen-bond acceptors (Lipinski definition) is 2. The van der Waals surface area contributed by atoms with Gasteiger partial charge >= 0.3 is 7.12 Å². The minimum Gasteiger partial charge on any atom is -0.400 e. The third-order valence-electron chi connectivity index (χ3n) is 4.11. The monoisotopic (exact) mass is 268 g/mol. The minimum atomic E-state index is -0.606. The van der Waals surface area contributed by atoms with Gasteiger partial charge in [0.25, 0.3) is 0 Å². The molecule has 0 aromatic heterocycles. The zero-order valence-corrected chi connectivity index (χ0v) is 12.4. The first-order valence-electron chi connectivity index (χ1n) is 6.47. The zero-order chi connectivity index (χ0) is 15.1. The van der Waals surface area contributed by atoms with Crippen LogP contribution in [0.2, 0.25) is 0 Å². The van der Waals surface area contributed by atoms with Gasteiger partial charge in [0, 0.05) is 0 Å². The summed E-state index contributed by atoms with van der Waals surface area (Å²) in [4.78, 5) is 6.99. The Morgan fingerprint density at radius 1 is 0.950 bits per heavy atom. The Bertz CT molecular complexity index is 622. The summed E-state index contributed by atoms with van der Waals surface area (Å²) in [6.45, 7) is 24.3. The summed E-state index contributed by atoms with van der Waals surface area (Å²) in [7, 11) is -0.606. The van der Waals surface area contributed by atoms with E-state index in [0.717, 1.165) is 5.56 Å². The Labute approximate surface area is 120 Å². The highest BCUT2D eigenvalue weighted by molar-refractivity contribution is 6.64. The van der Waals surface area contributed by atoms with Gasteiger partial charge in [-0.2, -0.15) is 0 Å². The van der Waals surface area contributed by atoms with Gasteiger partial charge in [-0.15, -0.1) is 0 Å². The molecule has 1 aromatic rings. The molecule has 1 fully saturated rings. The largest absolute Gasteiger partial charge is 0.481 e. The molecule has 0 N–H and O–H groups in total. The molecule has 20 heavy (non-hydrogen) atoms. The lowest BCUT2D eigenvalue weighted by Gasteiger charge is -2.32. The standard InChI is InChI=1S/C15H17BN2O2/c1-10-8-9-11(13(18-7)12(10)17-6)16-19-14(2,3)15(4,5)20-16/h8-9H,1-5H3. The number of aryl methyl sites for hydroxylation is 1. The van der Waals surface area contributed by atoms with Crippen molar-refractivity contribution in [1.29, 1.82) is 0 Å². The number of benzene rings is 1. The van der Waals surface area contributed by atoms with E-state index in [-0.39, 0.29) is 0 Å². The van der Waals surface area contributed by atoms with Crippen LogP contribution in [0.5, 0.6) is 0 Å². The lowest BCUT2D eigenvalue weighted by atomic mass is 9.77. The van der Waals surface area contributed by atoms with Crippen LogP contribution in [0.3, 0.4) is 0 Å². The average Bonchev–Trinajstić information content (AvgIpc) is 2.57. The second-order valence-electron chi connectivity index (χ2n) is 5.98. The van der Waals surface area contributed by atoms with Crippen molar-refractivity contribution in [3.63, 3.8) is 0 Å². The van der Waals surface area contributed by atoms with Gasteiger partial charge in [-0.25, -0.2) is 4.85 Å². The lowest BCUT2D eigenvalue weighted by molar-refractivity contribution is 0.00578. The molecule has 0 amide bonds. The normalized spacial score (nSPS) is 19.4. The van der Waals surface area contributed by atoms with Crippen molar-refractivity contribution in [3.8, 4) is 0 Å². The summed E-state index contributed by atoms with van der Waals surface area (Å²) in [6.07, 6.45) is 0. The molecule has 0 saturated carbocycles. The van der Waals surface area contributed by atoms with Gasteiger partial charge in [0.1, 0.15) is 0 Å². The van der Waals surface area contributed by atoms with Crippen molar-refractivity contribution in [2.45, 2.75) is 45.8 Å². The van der Waals surface area contributed by atoms with Gasteiger partial charge in [0.2, 0.25) is 0 Å². The van der Waals surface area contributed by atoms with E-state index in [1.54, 1.807) is 0 Å². The van der Waals surface area contributed by atoms with Crippen LogP contribution in [0.4, 0.5) is 11.4 Å². The number of hydrogen-bond donors (Lipinski definition) is 0. The van der Waals surface area contributed by atoms with Crippen LogP contribution in [0.15, 0.2) is 12.1 Å². The smallest absolute Gasteiger partial charge is 0.400 e. The predicted octanol–water partition coefficient (Wildman–Crippen LogP) is 3.40. The molecule has 1 saturated heterocycles. The van der Waals surface area contributed by atoms with E-state index < -0.39 is 18.3 Å². The van der Waals surface area contributed by atoms with Gasteiger partial charge in [-0.05, 0) is 33.2 Å². The Hall–Kier alpha value is -1.82. The van der Waals surface area contributed by atoms with Gasteiger partial charge in [0.05, 0.1) is 24.3 Å². The van der Waals surface area contributed by atoms with Crippen LogP contribution in [-0.4, -0.2) is 18.3 Å². The third-order valence-corrected chi connectivity index (χ3v) is 4.11. The number of nitrogens with zero attached hydrogens (tertiary/aromatic N) is 2. The molecule has 0 atom stereocenters. The SMILES string of the molecule is [C-]#[N+]c1c(C)ccc(B2OC(C)(C)C(C)(C)O2)c1[N+]#[C-]. The van der Waals surface area contributed by atoms with E-state index in [9.17, 15) is 0 Å². The molecule has 0 aliphatic carbocycles. The molecule has 0 radical (unpaired) electrons.